The number of β-lactam (4-membered cyclic amide) rings is 1. The van der Waals surface area contributed by atoms with Gasteiger partial charge in [0.25, 0.3) is 5.91 Å². The number of carboxylic acid groups (broad SMARTS) is 2. The maximum atomic E-state index is 12.6. The van der Waals surface area contributed by atoms with E-state index in [4.69, 9.17) is 21.3 Å². The minimum Gasteiger partial charge on any atom is -0.480 e. The first kappa shape index (κ1) is 27.3. The number of rotatable bonds is 10. The molecule has 0 radical (unpaired) electrons. The molecule has 1 unspecified atom stereocenters. The van der Waals surface area contributed by atoms with Crippen molar-refractivity contribution in [1.29, 1.82) is 0 Å². The number of hydrogen-bond donors (Lipinski definition) is 6. The summed E-state index contributed by atoms with van der Waals surface area (Å²) in [5.74, 6) is -3.61. The average Bonchev–Trinajstić information content (AvgIpc) is 2.84. The predicted molar refractivity (Wildman–Crippen MR) is 126 cm³/mol. The van der Waals surface area contributed by atoms with Gasteiger partial charge in [-0.25, -0.2) is 14.4 Å². The van der Waals surface area contributed by atoms with E-state index < -0.39 is 60.0 Å². The summed E-state index contributed by atoms with van der Waals surface area (Å²) in [6, 6.07) is 3.82. The van der Waals surface area contributed by atoms with Gasteiger partial charge in [-0.05, 0) is 17.7 Å². The molecule has 1 aromatic carbocycles. The highest BCUT2D eigenvalue weighted by atomic mass is 32.2. The number of aliphatic carboxylic acids is 2. The SMILES string of the molecule is NC(=O)OCC1=C(C(=O)O)N2C(=O)C(NC(=O)Cc3ccc(NC(=O)OC[C@@H](N)C(=O)O)cc3)[C@@H]2SC1. The first-order chi connectivity index (χ1) is 17.5. The highest BCUT2D eigenvalue weighted by Crippen LogP contribution is 2.40. The molecule has 1 aromatic rings. The van der Waals surface area contributed by atoms with Crippen molar-refractivity contribution in [2.24, 2.45) is 11.5 Å². The number of anilines is 1. The van der Waals surface area contributed by atoms with Crippen molar-refractivity contribution in [3.05, 3.63) is 41.1 Å². The zero-order valence-corrected chi connectivity index (χ0v) is 19.9. The smallest absolute Gasteiger partial charge is 0.411 e. The molecule has 1 saturated heterocycles. The van der Waals surface area contributed by atoms with Crippen LogP contribution >= 0.6 is 11.8 Å². The summed E-state index contributed by atoms with van der Waals surface area (Å²) in [6.07, 6.45) is -2.08. The van der Waals surface area contributed by atoms with E-state index in [1.54, 1.807) is 12.1 Å². The van der Waals surface area contributed by atoms with Crippen LogP contribution in [0.4, 0.5) is 15.3 Å². The van der Waals surface area contributed by atoms with Gasteiger partial charge < -0.3 is 36.5 Å². The van der Waals surface area contributed by atoms with Crippen molar-refractivity contribution >= 4 is 53.4 Å². The second-order valence-electron chi connectivity index (χ2n) is 7.86. The van der Waals surface area contributed by atoms with E-state index in [9.17, 15) is 33.9 Å². The summed E-state index contributed by atoms with van der Waals surface area (Å²) in [7, 11) is 0. The number of fused-ring (bicyclic) bond motifs is 1. The predicted octanol–water partition coefficient (Wildman–Crippen LogP) is -0.977. The van der Waals surface area contributed by atoms with Crippen LogP contribution in [0.5, 0.6) is 0 Å². The Hall–Kier alpha value is -4.31. The second kappa shape index (κ2) is 11.6. The lowest BCUT2D eigenvalue weighted by molar-refractivity contribution is -0.150. The number of carbonyl (C=O) groups is 6. The van der Waals surface area contributed by atoms with Gasteiger partial charge in [-0.2, -0.15) is 0 Å². The molecular weight excluding hydrogens is 514 g/mol. The molecule has 16 heteroatoms. The highest BCUT2D eigenvalue weighted by molar-refractivity contribution is 8.00. The van der Waals surface area contributed by atoms with Crippen molar-refractivity contribution in [3.63, 3.8) is 0 Å². The largest absolute Gasteiger partial charge is 0.480 e. The summed E-state index contributed by atoms with van der Waals surface area (Å²) in [4.78, 5) is 71.1. The number of carboxylic acids is 2. The normalized spacial score (nSPS) is 19.2. The summed E-state index contributed by atoms with van der Waals surface area (Å²) in [6.45, 7) is -0.877. The molecule has 3 rings (SSSR count). The topological polar surface area (TPSA) is 241 Å². The molecule has 0 bridgehead atoms. The number of thioether (sulfide) groups is 1. The number of amides is 4. The van der Waals surface area contributed by atoms with Gasteiger partial charge in [-0.1, -0.05) is 12.1 Å². The molecule has 1 fully saturated rings. The molecule has 2 aliphatic rings. The fourth-order valence-electron chi connectivity index (χ4n) is 3.46. The Kier molecular flexibility index (Phi) is 8.56. The molecule has 2 heterocycles. The molecular formula is C21H23N5O10S. The molecule has 8 N–H and O–H groups in total. The number of ether oxygens (including phenoxy) is 2. The summed E-state index contributed by atoms with van der Waals surface area (Å²) in [5.41, 5.74) is 11.0. The van der Waals surface area contributed by atoms with Gasteiger partial charge in [0.2, 0.25) is 5.91 Å². The van der Waals surface area contributed by atoms with Crippen LogP contribution in [0.25, 0.3) is 0 Å². The lowest BCUT2D eigenvalue weighted by Crippen LogP contribution is -2.70. The van der Waals surface area contributed by atoms with Crippen molar-refractivity contribution in [2.75, 3.05) is 24.3 Å². The van der Waals surface area contributed by atoms with Crippen LogP contribution in [0.1, 0.15) is 5.56 Å². The zero-order valence-electron chi connectivity index (χ0n) is 19.0. The molecule has 4 amide bonds. The Labute approximate surface area is 213 Å². The Bertz CT molecular complexity index is 1150. The van der Waals surface area contributed by atoms with E-state index in [0.29, 0.717) is 11.3 Å². The number of benzene rings is 1. The summed E-state index contributed by atoms with van der Waals surface area (Å²) in [5, 5.41) is 22.6. The van der Waals surface area contributed by atoms with Crippen LogP contribution in [0.3, 0.4) is 0 Å². The minimum absolute atomic E-state index is 0.0985. The maximum absolute atomic E-state index is 12.6. The third-order valence-corrected chi connectivity index (χ3v) is 6.57. The van der Waals surface area contributed by atoms with Crippen molar-refractivity contribution in [3.8, 4) is 0 Å². The molecule has 15 nitrogen and oxygen atoms in total. The number of hydrogen-bond acceptors (Lipinski definition) is 10. The number of nitrogens with zero attached hydrogens (tertiary/aromatic N) is 1. The van der Waals surface area contributed by atoms with E-state index in [-0.39, 0.29) is 30.1 Å². The fourth-order valence-corrected chi connectivity index (χ4v) is 4.79. The van der Waals surface area contributed by atoms with Gasteiger partial charge in [0.05, 0.1) is 6.42 Å². The molecule has 198 valence electrons. The van der Waals surface area contributed by atoms with Crippen LogP contribution < -0.4 is 22.1 Å². The molecule has 0 aliphatic carbocycles. The number of primary amides is 1. The average molecular weight is 538 g/mol. The minimum atomic E-state index is -1.37. The van der Waals surface area contributed by atoms with Crippen LogP contribution in [-0.4, -0.2) is 87.5 Å². The number of nitrogens with one attached hydrogen (secondary N) is 2. The van der Waals surface area contributed by atoms with Crippen molar-refractivity contribution in [1.82, 2.24) is 10.2 Å². The van der Waals surface area contributed by atoms with Gasteiger partial charge in [0.1, 0.15) is 36.4 Å². The second-order valence-corrected chi connectivity index (χ2v) is 8.97. The third-order valence-electron chi connectivity index (χ3n) is 5.23. The van der Waals surface area contributed by atoms with Crippen molar-refractivity contribution < 1.29 is 48.5 Å². The Morgan fingerprint density at radius 3 is 2.41 bits per heavy atom. The maximum Gasteiger partial charge on any atom is 0.411 e. The van der Waals surface area contributed by atoms with Gasteiger partial charge >= 0.3 is 24.1 Å². The van der Waals surface area contributed by atoms with E-state index in [2.05, 4.69) is 15.4 Å². The third kappa shape index (κ3) is 6.68. The van der Waals surface area contributed by atoms with Crippen molar-refractivity contribution in [2.45, 2.75) is 23.9 Å². The molecule has 2 aliphatic heterocycles. The lowest BCUT2D eigenvalue weighted by atomic mass is 10.0. The molecule has 3 atom stereocenters. The Balaban J connectivity index is 1.53. The Morgan fingerprint density at radius 1 is 1.14 bits per heavy atom. The first-order valence-corrected chi connectivity index (χ1v) is 11.7. The Morgan fingerprint density at radius 2 is 1.81 bits per heavy atom. The van der Waals surface area contributed by atoms with Gasteiger partial charge in [-0.3, -0.25) is 24.6 Å². The highest BCUT2D eigenvalue weighted by Gasteiger charge is 2.54. The van der Waals surface area contributed by atoms with Crippen LogP contribution in [-0.2, 0) is 35.1 Å². The number of carbonyl (C=O) groups excluding carboxylic acids is 4. The molecule has 37 heavy (non-hydrogen) atoms. The van der Waals surface area contributed by atoms with Crippen LogP contribution in [0.15, 0.2) is 35.5 Å². The fraction of sp³-hybridized carbons (Fsp3) is 0.333. The van der Waals surface area contributed by atoms with E-state index in [1.165, 1.54) is 23.9 Å². The van der Waals surface area contributed by atoms with Crippen LogP contribution in [0.2, 0.25) is 0 Å². The van der Waals surface area contributed by atoms with Crippen LogP contribution in [0, 0.1) is 0 Å². The lowest BCUT2D eigenvalue weighted by Gasteiger charge is -2.49. The molecule has 0 spiro atoms. The standard InChI is InChI=1S/C21H23N5O10S/c22-12(18(29)30)7-36-21(34)24-11-3-1-9(2-4-11)5-13(27)25-14-16(28)26-15(19(31)32)10(6-35-20(23)33)8-37-17(14)26/h1-4,12,14,17H,5-8,22H2,(H2,23,33)(H,24,34)(H,25,27)(H,29,30)(H,31,32)/t12-,14?,17+/m1/s1. The summed E-state index contributed by atoms with van der Waals surface area (Å²) < 4.78 is 9.37. The van der Waals surface area contributed by atoms with E-state index in [1.807, 2.05) is 0 Å². The van der Waals surface area contributed by atoms with Gasteiger partial charge in [0.15, 0.2) is 0 Å². The molecule has 0 aromatic heterocycles. The van der Waals surface area contributed by atoms with Gasteiger partial charge in [0, 0.05) is 17.0 Å². The quantitative estimate of drug-likeness (QED) is 0.197. The first-order valence-electron chi connectivity index (χ1n) is 10.6. The molecule has 0 saturated carbocycles. The number of nitrogens with two attached hydrogens (primary N) is 2. The summed E-state index contributed by atoms with van der Waals surface area (Å²) >= 11 is 1.21. The zero-order chi connectivity index (χ0) is 27.3. The van der Waals surface area contributed by atoms with Gasteiger partial charge in [-0.15, -0.1) is 11.8 Å². The van der Waals surface area contributed by atoms with E-state index in [0.717, 1.165) is 4.90 Å². The van der Waals surface area contributed by atoms with E-state index >= 15 is 0 Å². The monoisotopic (exact) mass is 537 g/mol.